The van der Waals surface area contributed by atoms with Crippen LogP contribution < -0.4 is 5.32 Å². The first kappa shape index (κ1) is 13.7. The Kier molecular flexibility index (Phi) is 4.79. The van der Waals surface area contributed by atoms with Gasteiger partial charge >= 0.3 is 0 Å². The van der Waals surface area contributed by atoms with Gasteiger partial charge in [-0.05, 0) is 31.6 Å². The fourth-order valence-electron chi connectivity index (χ4n) is 3.03. The van der Waals surface area contributed by atoms with Crippen molar-refractivity contribution in [3.63, 3.8) is 0 Å². The van der Waals surface area contributed by atoms with Gasteiger partial charge < -0.3 is 10.4 Å². The van der Waals surface area contributed by atoms with Crippen LogP contribution >= 0.6 is 11.8 Å². The van der Waals surface area contributed by atoms with Gasteiger partial charge in [0.15, 0.2) is 0 Å². The second kappa shape index (κ2) is 5.94. The summed E-state index contributed by atoms with van der Waals surface area (Å²) in [5.74, 6) is 1.81. The van der Waals surface area contributed by atoms with Crippen LogP contribution in [-0.2, 0) is 0 Å². The van der Waals surface area contributed by atoms with Crippen molar-refractivity contribution in [2.24, 2.45) is 5.92 Å². The van der Waals surface area contributed by atoms with Gasteiger partial charge in [-0.1, -0.05) is 26.7 Å². The van der Waals surface area contributed by atoms with Gasteiger partial charge in [0.25, 0.3) is 0 Å². The lowest BCUT2D eigenvalue weighted by molar-refractivity contribution is 0.150. The van der Waals surface area contributed by atoms with E-state index in [0.717, 1.165) is 11.0 Å². The molecule has 0 aliphatic heterocycles. The topological polar surface area (TPSA) is 32.3 Å². The molecule has 2 aliphatic carbocycles. The minimum Gasteiger partial charge on any atom is -0.394 e. The molecule has 1 unspecified atom stereocenters. The second-order valence-electron chi connectivity index (χ2n) is 6.11. The zero-order valence-electron chi connectivity index (χ0n) is 11.2. The summed E-state index contributed by atoms with van der Waals surface area (Å²) in [6, 6.07) is 0.465. The van der Waals surface area contributed by atoms with Crippen LogP contribution in [0.4, 0.5) is 0 Å². The normalized spacial score (nSPS) is 25.4. The van der Waals surface area contributed by atoms with Crippen molar-refractivity contribution >= 4 is 11.8 Å². The lowest BCUT2D eigenvalue weighted by Crippen LogP contribution is -2.55. The quantitative estimate of drug-likeness (QED) is 0.735. The summed E-state index contributed by atoms with van der Waals surface area (Å²) in [6.45, 7) is 4.68. The third kappa shape index (κ3) is 3.62. The van der Waals surface area contributed by atoms with Crippen LogP contribution in [0.25, 0.3) is 0 Å². The first-order chi connectivity index (χ1) is 8.16. The predicted molar refractivity (Wildman–Crippen MR) is 75.5 cm³/mol. The molecule has 2 rings (SSSR count). The maximum Gasteiger partial charge on any atom is 0.0624 e. The van der Waals surface area contributed by atoms with E-state index in [4.69, 9.17) is 0 Å². The molecule has 17 heavy (non-hydrogen) atoms. The highest BCUT2D eigenvalue weighted by Gasteiger charge is 2.45. The average molecular weight is 257 g/mol. The predicted octanol–water partition coefficient (Wildman–Crippen LogP) is 2.80. The summed E-state index contributed by atoms with van der Waals surface area (Å²) in [7, 11) is 0. The van der Waals surface area contributed by atoms with Crippen LogP contribution in [-0.4, -0.2) is 34.3 Å². The molecular formula is C14H27NOS. The summed E-state index contributed by atoms with van der Waals surface area (Å²) >= 11 is 2.10. The zero-order chi connectivity index (χ0) is 12.3. The third-order valence-corrected chi connectivity index (χ3v) is 5.72. The Morgan fingerprint density at radius 2 is 1.88 bits per heavy atom. The van der Waals surface area contributed by atoms with Crippen molar-refractivity contribution in [2.45, 2.75) is 69.2 Å². The molecule has 0 saturated heterocycles. The number of hydrogen-bond donors (Lipinski definition) is 2. The van der Waals surface area contributed by atoms with E-state index in [1.54, 1.807) is 0 Å². The highest BCUT2D eigenvalue weighted by Crippen LogP contribution is 2.43. The first-order valence-electron chi connectivity index (χ1n) is 7.16. The monoisotopic (exact) mass is 257 g/mol. The van der Waals surface area contributed by atoms with Crippen LogP contribution in [0.5, 0.6) is 0 Å². The molecule has 0 amide bonds. The summed E-state index contributed by atoms with van der Waals surface area (Å²) in [6.07, 6.45) is 8.18. The Balaban J connectivity index is 1.89. The average Bonchev–Trinajstić information content (AvgIpc) is 3.02. The molecule has 2 nitrogen and oxygen atoms in total. The van der Waals surface area contributed by atoms with E-state index in [1.807, 2.05) is 0 Å². The lowest BCUT2D eigenvalue weighted by Gasteiger charge is -2.36. The molecule has 2 N–H and O–H groups in total. The van der Waals surface area contributed by atoms with Gasteiger partial charge in [0.1, 0.15) is 0 Å². The molecule has 0 aromatic carbocycles. The van der Waals surface area contributed by atoms with Gasteiger partial charge in [0.2, 0.25) is 0 Å². The summed E-state index contributed by atoms with van der Waals surface area (Å²) in [4.78, 5) is 0. The molecule has 0 aromatic rings. The number of aliphatic hydroxyl groups is 1. The molecule has 1 atom stereocenters. The van der Waals surface area contributed by atoms with E-state index in [1.165, 1.54) is 38.5 Å². The standard InChI is InChI=1S/C14H27NOS/c1-11(2)15-14(9-16,12-7-8-12)10-17-13-5-3-4-6-13/h11-13,15-16H,3-10H2,1-2H3. The van der Waals surface area contributed by atoms with E-state index in [-0.39, 0.29) is 5.54 Å². The van der Waals surface area contributed by atoms with E-state index in [0.29, 0.717) is 18.6 Å². The van der Waals surface area contributed by atoms with Crippen molar-refractivity contribution in [3.05, 3.63) is 0 Å². The van der Waals surface area contributed by atoms with Gasteiger partial charge in [-0.15, -0.1) is 0 Å². The van der Waals surface area contributed by atoms with Crippen LogP contribution in [0.2, 0.25) is 0 Å². The van der Waals surface area contributed by atoms with E-state index >= 15 is 0 Å². The molecule has 3 heteroatoms. The van der Waals surface area contributed by atoms with Gasteiger partial charge in [0.05, 0.1) is 12.1 Å². The Hall–Kier alpha value is 0.270. The Morgan fingerprint density at radius 1 is 1.24 bits per heavy atom. The van der Waals surface area contributed by atoms with Crippen molar-refractivity contribution in [1.82, 2.24) is 5.32 Å². The summed E-state index contributed by atoms with van der Waals surface area (Å²) in [5, 5.41) is 14.3. The molecule has 0 aromatic heterocycles. The van der Waals surface area contributed by atoms with E-state index in [9.17, 15) is 5.11 Å². The maximum absolute atomic E-state index is 9.83. The Bertz CT molecular complexity index is 236. The fourth-order valence-corrected chi connectivity index (χ4v) is 4.64. The number of nitrogens with one attached hydrogen (secondary N) is 1. The number of thioether (sulfide) groups is 1. The molecule has 0 spiro atoms. The van der Waals surface area contributed by atoms with Gasteiger partial charge in [-0.3, -0.25) is 0 Å². The summed E-state index contributed by atoms with van der Waals surface area (Å²) in [5.41, 5.74) is 0.00141. The number of aliphatic hydroxyl groups excluding tert-OH is 1. The van der Waals surface area contributed by atoms with Crippen LogP contribution in [0, 0.1) is 5.92 Å². The zero-order valence-corrected chi connectivity index (χ0v) is 12.1. The lowest BCUT2D eigenvalue weighted by atomic mass is 9.95. The van der Waals surface area contributed by atoms with Crippen molar-refractivity contribution < 1.29 is 5.11 Å². The minimum atomic E-state index is 0.00141. The molecule has 2 fully saturated rings. The van der Waals surface area contributed by atoms with Crippen molar-refractivity contribution in [1.29, 1.82) is 0 Å². The van der Waals surface area contributed by atoms with Crippen LogP contribution in [0.1, 0.15) is 52.4 Å². The van der Waals surface area contributed by atoms with Crippen molar-refractivity contribution in [3.8, 4) is 0 Å². The van der Waals surface area contributed by atoms with Gasteiger partial charge in [-0.25, -0.2) is 0 Å². The Labute approximate surface area is 110 Å². The number of rotatable bonds is 7. The second-order valence-corrected chi connectivity index (χ2v) is 7.39. The molecule has 0 radical (unpaired) electrons. The Morgan fingerprint density at radius 3 is 2.35 bits per heavy atom. The van der Waals surface area contributed by atoms with Crippen molar-refractivity contribution in [2.75, 3.05) is 12.4 Å². The molecular weight excluding hydrogens is 230 g/mol. The maximum atomic E-state index is 9.83. The molecule has 2 saturated carbocycles. The SMILES string of the molecule is CC(C)NC(CO)(CSC1CCCC1)C1CC1. The fraction of sp³-hybridized carbons (Fsp3) is 1.00. The van der Waals surface area contributed by atoms with Crippen LogP contribution in [0.3, 0.4) is 0 Å². The summed E-state index contributed by atoms with van der Waals surface area (Å²) < 4.78 is 0. The molecule has 100 valence electrons. The van der Waals surface area contributed by atoms with Gasteiger partial charge in [0, 0.05) is 17.0 Å². The highest BCUT2D eigenvalue weighted by atomic mass is 32.2. The minimum absolute atomic E-state index is 0.00141. The molecule has 0 heterocycles. The smallest absolute Gasteiger partial charge is 0.0624 e. The third-order valence-electron chi connectivity index (χ3n) is 4.10. The van der Waals surface area contributed by atoms with Crippen LogP contribution in [0.15, 0.2) is 0 Å². The van der Waals surface area contributed by atoms with E-state index in [2.05, 4.69) is 30.9 Å². The van der Waals surface area contributed by atoms with Gasteiger partial charge in [-0.2, -0.15) is 11.8 Å². The molecule has 2 aliphatic rings. The molecule has 0 bridgehead atoms. The highest BCUT2D eigenvalue weighted by molar-refractivity contribution is 8.00. The largest absolute Gasteiger partial charge is 0.394 e. The first-order valence-corrected chi connectivity index (χ1v) is 8.21. The number of hydrogen-bond acceptors (Lipinski definition) is 3. The van der Waals surface area contributed by atoms with E-state index < -0.39 is 0 Å².